The van der Waals surface area contributed by atoms with Crippen LogP contribution in [0.5, 0.6) is 0 Å². The van der Waals surface area contributed by atoms with Gasteiger partial charge in [-0.3, -0.25) is 0 Å². The third kappa shape index (κ3) is 2.86. The van der Waals surface area contributed by atoms with Crippen LogP contribution in [0.25, 0.3) is 0 Å². The van der Waals surface area contributed by atoms with E-state index in [1.54, 1.807) is 0 Å². The summed E-state index contributed by atoms with van der Waals surface area (Å²) in [6.07, 6.45) is 2.53. The zero-order chi connectivity index (χ0) is 12.4. The van der Waals surface area contributed by atoms with Crippen molar-refractivity contribution in [2.75, 3.05) is 0 Å². The zero-order valence-corrected chi connectivity index (χ0v) is 10.6. The van der Waals surface area contributed by atoms with Gasteiger partial charge in [0.25, 0.3) is 0 Å². The molecule has 0 amide bonds. The first kappa shape index (κ1) is 11.6. The highest BCUT2D eigenvalue weighted by Crippen LogP contribution is 2.19. The van der Waals surface area contributed by atoms with Crippen LogP contribution in [0.1, 0.15) is 24.2 Å². The number of tetrazole rings is 1. The molecule has 6 heteroatoms. The van der Waals surface area contributed by atoms with Gasteiger partial charge in [-0.15, -0.1) is 5.10 Å². The Bertz CT molecular complexity index is 518. The standard InChI is InChI=1S/C12H14ClN5/c13-10-3-1-9(2-4-10)8-18-12(15-16-17-18)7-14-11-5-6-11/h1-4,11,14H,5-8H2. The zero-order valence-electron chi connectivity index (χ0n) is 9.88. The summed E-state index contributed by atoms with van der Waals surface area (Å²) >= 11 is 5.86. The van der Waals surface area contributed by atoms with Crippen LogP contribution in [0.4, 0.5) is 0 Å². The van der Waals surface area contributed by atoms with Gasteiger partial charge in [-0.1, -0.05) is 23.7 Å². The van der Waals surface area contributed by atoms with Crippen LogP contribution < -0.4 is 5.32 Å². The highest BCUT2D eigenvalue weighted by atomic mass is 35.5. The number of rotatable bonds is 5. The molecule has 5 nitrogen and oxygen atoms in total. The smallest absolute Gasteiger partial charge is 0.165 e. The molecule has 2 aromatic rings. The van der Waals surface area contributed by atoms with E-state index in [0.29, 0.717) is 12.6 Å². The van der Waals surface area contributed by atoms with E-state index < -0.39 is 0 Å². The molecule has 1 aromatic carbocycles. The third-order valence-electron chi connectivity index (χ3n) is 2.98. The van der Waals surface area contributed by atoms with Gasteiger partial charge in [0.05, 0.1) is 13.1 Å². The molecular weight excluding hydrogens is 250 g/mol. The molecule has 18 heavy (non-hydrogen) atoms. The van der Waals surface area contributed by atoms with E-state index in [9.17, 15) is 0 Å². The van der Waals surface area contributed by atoms with Crippen LogP contribution in [-0.4, -0.2) is 26.2 Å². The molecule has 0 spiro atoms. The maximum atomic E-state index is 5.86. The first-order valence-corrected chi connectivity index (χ1v) is 6.42. The molecule has 0 unspecified atom stereocenters. The van der Waals surface area contributed by atoms with Crippen molar-refractivity contribution in [3.05, 3.63) is 40.7 Å². The number of nitrogens with zero attached hydrogens (tertiary/aromatic N) is 4. The molecule has 3 rings (SSSR count). The molecule has 1 aromatic heterocycles. The van der Waals surface area contributed by atoms with Crippen molar-refractivity contribution in [1.82, 2.24) is 25.5 Å². The summed E-state index contributed by atoms with van der Waals surface area (Å²) in [5.41, 5.74) is 1.14. The van der Waals surface area contributed by atoms with Gasteiger partial charge in [-0.25, -0.2) is 4.68 Å². The Morgan fingerprint density at radius 2 is 2.06 bits per heavy atom. The van der Waals surface area contributed by atoms with Crippen molar-refractivity contribution in [3.63, 3.8) is 0 Å². The second-order valence-electron chi connectivity index (χ2n) is 4.53. The predicted octanol–water partition coefficient (Wildman–Crippen LogP) is 1.63. The predicted molar refractivity (Wildman–Crippen MR) is 68.2 cm³/mol. The molecule has 1 saturated carbocycles. The van der Waals surface area contributed by atoms with E-state index in [-0.39, 0.29) is 0 Å². The van der Waals surface area contributed by atoms with E-state index in [2.05, 4.69) is 20.8 Å². The normalized spacial score (nSPS) is 14.9. The van der Waals surface area contributed by atoms with E-state index in [4.69, 9.17) is 11.6 Å². The first-order valence-electron chi connectivity index (χ1n) is 6.04. The SMILES string of the molecule is Clc1ccc(Cn2nnnc2CNC2CC2)cc1. The average Bonchev–Trinajstić information content (AvgIpc) is 3.11. The minimum atomic E-state index is 0.658. The molecule has 0 atom stereocenters. The van der Waals surface area contributed by atoms with Gasteiger partial charge in [0.15, 0.2) is 5.82 Å². The fourth-order valence-corrected chi connectivity index (χ4v) is 1.88. The number of hydrogen-bond donors (Lipinski definition) is 1. The Labute approximate surface area is 110 Å². The van der Waals surface area contributed by atoms with Gasteiger partial charge in [-0.05, 0) is 41.0 Å². The number of halogens is 1. The molecule has 1 fully saturated rings. The fourth-order valence-electron chi connectivity index (χ4n) is 1.76. The molecule has 1 heterocycles. The number of hydrogen-bond acceptors (Lipinski definition) is 4. The number of nitrogens with one attached hydrogen (secondary N) is 1. The summed E-state index contributed by atoms with van der Waals surface area (Å²) in [6, 6.07) is 8.39. The summed E-state index contributed by atoms with van der Waals surface area (Å²) in [7, 11) is 0. The Kier molecular flexibility index (Phi) is 3.25. The van der Waals surface area contributed by atoms with Crippen LogP contribution in [0.3, 0.4) is 0 Å². The Morgan fingerprint density at radius 3 is 2.78 bits per heavy atom. The van der Waals surface area contributed by atoms with Crippen LogP contribution in [0, 0.1) is 0 Å². The van der Waals surface area contributed by atoms with Crippen LogP contribution in [0.15, 0.2) is 24.3 Å². The van der Waals surface area contributed by atoms with Gasteiger partial charge >= 0.3 is 0 Å². The van der Waals surface area contributed by atoms with Crippen LogP contribution >= 0.6 is 11.6 Å². The van der Waals surface area contributed by atoms with Crippen molar-refractivity contribution in [2.45, 2.75) is 32.0 Å². The molecule has 0 bridgehead atoms. The summed E-state index contributed by atoms with van der Waals surface area (Å²) in [6.45, 7) is 1.40. The molecule has 1 aliphatic carbocycles. The van der Waals surface area contributed by atoms with Gasteiger partial charge in [0.1, 0.15) is 0 Å². The Hall–Kier alpha value is -1.46. The lowest BCUT2D eigenvalue weighted by Crippen LogP contribution is -2.19. The van der Waals surface area contributed by atoms with Crippen molar-refractivity contribution in [1.29, 1.82) is 0 Å². The first-order chi connectivity index (χ1) is 8.81. The Balaban J connectivity index is 1.67. The highest BCUT2D eigenvalue weighted by Gasteiger charge is 2.21. The van der Waals surface area contributed by atoms with E-state index in [0.717, 1.165) is 23.0 Å². The summed E-state index contributed by atoms with van der Waals surface area (Å²) in [5, 5.41) is 15.9. The molecule has 0 aliphatic heterocycles. The van der Waals surface area contributed by atoms with E-state index in [1.807, 2.05) is 28.9 Å². The monoisotopic (exact) mass is 263 g/mol. The minimum absolute atomic E-state index is 0.658. The minimum Gasteiger partial charge on any atom is -0.307 e. The molecule has 0 radical (unpaired) electrons. The lowest BCUT2D eigenvalue weighted by Gasteiger charge is -2.05. The summed E-state index contributed by atoms with van der Waals surface area (Å²) < 4.78 is 1.82. The van der Waals surface area contributed by atoms with Crippen molar-refractivity contribution in [2.24, 2.45) is 0 Å². The van der Waals surface area contributed by atoms with Crippen LogP contribution in [-0.2, 0) is 13.1 Å². The molecule has 1 aliphatic rings. The van der Waals surface area contributed by atoms with E-state index >= 15 is 0 Å². The van der Waals surface area contributed by atoms with Crippen molar-refractivity contribution < 1.29 is 0 Å². The van der Waals surface area contributed by atoms with E-state index in [1.165, 1.54) is 12.8 Å². The average molecular weight is 264 g/mol. The fraction of sp³-hybridized carbons (Fsp3) is 0.417. The highest BCUT2D eigenvalue weighted by molar-refractivity contribution is 6.30. The largest absolute Gasteiger partial charge is 0.307 e. The maximum Gasteiger partial charge on any atom is 0.165 e. The second kappa shape index (κ2) is 5.04. The second-order valence-corrected chi connectivity index (χ2v) is 4.97. The number of benzene rings is 1. The molecule has 0 saturated heterocycles. The van der Waals surface area contributed by atoms with Crippen molar-refractivity contribution >= 4 is 11.6 Å². The lowest BCUT2D eigenvalue weighted by molar-refractivity contribution is 0.578. The van der Waals surface area contributed by atoms with Gasteiger partial charge in [0, 0.05) is 11.1 Å². The van der Waals surface area contributed by atoms with Gasteiger partial charge in [0.2, 0.25) is 0 Å². The lowest BCUT2D eigenvalue weighted by atomic mass is 10.2. The summed E-state index contributed by atoms with van der Waals surface area (Å²) in [5.74, 6) is 0.872. The molecule has 94 valence electrons. The maximum absolute atomic E-state index is 5.86. The van der Waals surface area contributed by atoms with Crippen LogP contribution in [0.2, 0.25) is 5.02 Å². The summed E-state index contributed by atoms with van der Waals surface area (Å²) in [4.78, 5) is 0. The van der Waals surface area contributed by atoms with Crippen molar-refractivity contribution in [3.8, 4) is 0 Å². The Morgan fingerprint density at radius 1 is 1.28 bits per heavy atom. The third-order valence-corrected chi connectivity index (χ3v) is 3.23. The van der Waals surface area contributed by atoms with Gasteiger partial charge < -0.3 is 5.32 Å². The van der Waals surface area contributed by atoms with Gasteiger partial charge in [-0.2, -0.15) is 0 Å². The molecule has 1 N–H and O–H groups in total. The topological polar surface area (TPSA) is 55.6 Å². The molecular formula is C12H14ClN5. The quantitative estimate of drug-likeness (QED) is 0.891. The number of aromatic nitrogens is 4.